The lowest BCUT2D eigenvalue weighted by Gasteiger charge is -2.36. The zero-order valence-electron chi connectivity index (χ0n) is 14.4. The summed E-state index contributed by atoms with van der Waals surface area (Å²) in [6, 6.07) is 11.1. The number of carbonyl (C=O) groups excluding carboxylic acids is 2. The van der Waals surface area contributed by atoms with Gasteiger partial charge in [-0.3, -0.25) is 29.8 Å². The molecule has 0 amide bonds. The molecule has 0 aliphatic carbocycles. The van der Waals surface area contributed by atoms with Crippen molar-refractivity contribution in [2.24, 2.45) is 0 Å². The maximum Gasteiger partial charge on any atom is 0.320 e. The first-order chi connectivity index (χ1) is 13.3. The third-order valence-corrected chi connectivity index (χ3v) is 4.13. The van der Waals surface area contributed by atoms with Gasteiger partial charge in [-0.1, -0.05) is 24.3 Å². The normalized spacial score (nSPS) is 15.4. The predicted molar refractivity (Wildman–Crippen MR) is 93.1 cm³/mol. The molecule has 0 atom stereocenters. The van der Waals surface area contributed by atoms with Gasteiger partial charge in [-0.05, 0) is 11.1 Å². The molecule has 0 saturated carbocycles. The van der Waals surface area contributed by atoms with Crippen molar-refractivity contribution in [1.82, 2.24) is 0 Å². The van der Waals surface area contributed by atoms with Crippen molar-refractivity contribution < 1.29 is 28.9 Å². The first-order valence-corrected chi connectivity index (χ1v) is 8.17. The minimum atomic E-state index is -1.64. The summed E-state index contributed by atoms with van der Waals surface area (Å²) in [6.07, 6.45) is -0.568. The van der Waals surface area contributed by atoms with E-state index in [0.29, 0.717) is 11.1 Å². The lowest BCUT2D eigenvalue weighted by atomic mass is 9.96. The Morgan fingerprint density at radius 1 is 0.750 bits per heavy atom. The maximum absolute atomic E-state index is 11.9. The lowest BCUT2D eigenvalue weighted by Crippen LogP contribution is -2.48. The second-order valence-corrected chi connectivity index (χ2v) is 6.24. The Bertz CT molecular complexity index is 860. The first-order valence-electron chi connectivity index (χ1n) is 8.17. The van der Waals surface area contributed by atoms with Crippen LogP contribution in [0.4, 0.5) is 11.4 Å². The van der Waals surface area contributed by atoms with E-state index >= 15 is 0 Å². The summed E-state index contributed by atoms with van der Waals surface area (Å²) in [6.45, 7) is 0. The fraction of sp³-hybridized carbons (Fsp3) is 0.222. The highest BCUT2D eigenvalue weighted by Crippen LogP contribution is 2.30. The van der Waals surface area contributed by atoms with Gasteiger partial charge in [0.15, 0.2) is 0 Å². The van der Waals surface area contributed by atoms with E-state index in [0.717, 1.165) is 0 Å². The minimum Gasteiger partial charge on any atom is -0.421 e. The fourth-order valence-electron chi connectivity index (χ4n) is 2.93. The minimum absolute atomic E-state index is 0.0283. The second-order valence-electron chi connectivity index (χ2n) is 6.24. The molecule has 0 radical (unpaired) electrons. The van der Waals surface area contributed by atoms with Gasteiger partial charge in [0.25, 0.3) is 17.2 Å². The Kier molecular flexibility index (Phi) is 5.03. The van der Waals surface area contributed by atoms with Crippen molar-refractivity contribution in [3.05, 3.63) is 79.9 Å². The van der Waals surface area contributed by atoms with Gasteiger partial charge >= 0.3 is 11.9 Å². The predicted octanol–water partition coefficient (Wildman–Crippen LogP) is 2.47. The van der Waals surface area contributed by atoms with Crippen LogP contribution in [0.2, 0.25) is 0 Å². The van der Waals surface area contributed by atoms with Crippen molar-refractivity contribution in [2.45, 2.75) is 25.0 Å². The van der Waals surface area contributed by atoms with E-state index < -0.39 is 34.0 Å². The van der Waals surface area contributed by atoms with Crippen LogP contribution in [0.25, 0.3) is 0 Å². The number of rotatable bonds is 6. The van der Waals surface area contributed by atoms with Gasteiger partial charge in [-0.2, -0.15) is 0 Å². The number of nitro benzene ring substituents is 2. The summed E-state index contributed by atoms with van der Waals surface area (Å²) >= 11 is 0. The van der Waals surface area contributed by atoms with E-state index in [2.05, 4.69) is 0 Å². The number of non-ortho nitro benzene ring substituents is 2. The molecule has 28 heavy (non-hydrogen) atoms. The Balaban J connectivity index is 1.89. The molecule has 0 spiro atoms. The molecule has 10 heteroatoms. The van der Waals surface area contributed by atoms with Crippen LogP contribution in [0.3, 0.4) is 0 Å². The molecule has 2 aromatic carbocycles. The Morgan fingerprint density at radius 2 is 1.11 bits per heavy atom. The average molecular weight is 386 g/mol. The number of hydrogen-bond donors (Lipinski definition) is 0. The van der Waals surface area contributed by atoms with E-state index in [1.54, 1.807) is 0 Å². The van der Waals surface area contributed by atoms with Gasteiger partial charge in [-0.15, -0.1) is 0 Å². The second kappa shape index (κ2) is 7.43. The van der Waals surface area contributed by atoms with Crippen LogP contribution in [-0.4, -0.2) is 27.6 Å². The third-order valence-electron chi connectivity index (χ3n) is 4.13. The smallest absolute Gasteiger partial charge is 0.320 e. The van der Waals surface area contributed by atoms with E-state index in [-0.39, 0.29) is 24.2 Å². The van der Waals surface area contributed by atoms with Gasteiger partial charge in [0.2, 0.25) is 0 Å². The number of carbonyl (C=O) groups is 2. The summed E-state index contributed by atoms with van der Waals surface area (Å²) in [5.41, 5.74) is 0.890. The highest BCUT2D eigenvalue weighted by molar-refractivity contribution is 5.93. The van der Waals surface area contributed by atoms with Gasteiger partial charge in [0.1, 0.15) is 6.42 Å². The number of benzene rings is 2. The van der Waals surface area contributed by atoms with E-state index in [4.69, 9.17) is 9.47 Å². The number of nitro groups is 2. The number of nitrogens with zero attached hydrogens (tertiary/aromatic N) is 2. The van der Waals surface area contributed by atoms with Gasteiger partial charge in [-0.25, -0.2) is 0 Å². The molecule has 3 rings (SSSR count). The summed E-state index contributed by atoms with van der Waals surface area (Å²) in [7, 11) is 0. The topological polar surface area (TPSA) is 139 Å². The number of cyclic esters (lactones) is 2. The van der Waals surface area contributed by atoms with Crippen molar-refractivity contribution in [2.75, 3.05) is 0 Å². The molecule has 0 unspecified atom stereocenters. The van der Waals surface area contributed by atoms with E-state index in [1.165, 1.54) is 48.5 Å². The summed E-state index contributed by atoms with van der Waals surface area (Å²) in [5, 5.41) is 21.6. The molecule has 0 bridgehead atoms. The Hall–Kier alpha value is -3.82. The third kappa shape index (κ3) is 4.29. The van der Waals surface area contributed by atoms with Crippen molar-refractivity contribution in [1.29, 1.82) is 0 Å². The van der Waals surface area contributed by atoms with Crippen molar-refractivity contribution >= 4 is 23.3 Å². The average Bonchev–Trinajstić information content (AvgIpc) is 2.61. The summed E-state index contributed by atoms with van der Waals surface area (Å²) < 4.78 is 10.7. The largest absolute Gasteiger partial charge is 0.421 e. The van der Waals surface area contributed by atoms with Crippen LogP contribution >= 0.6 is 0 Å². The van der Waals surface area contributed by atoms with Crippen LogP contribution in [0.1, 0.15) is 17.5 Å². The van der Waals surface area contributed by atoms with Crippen LogP contribution in [0.5, 0.6) is 0 Å². The first kappa shape index (κ1) is 19.0. The van der Waals surface area contributed by atoms with Crippen molar-refractivity contribution in [3.63, 3.8) is 0 Å². The molecule has 2 aromatic rings. The lowest BCUT2D eigenvalue weighted by molar-refractivity contribution is -0.385. The molecule has 1 aliphatic heterocycles. The van der Waals surface area contributed by atoms with E-state index in [1.807, 2.05) is 0 Å². The maximum atomic E-state index is 11.9. The number of hydrogen-bond acceptors (Lipinski definition) is 8. The van der Waals surface area contributed by atoms with Gasteiger partial charge in [0.05, 0.1) is 22.7 Å². The molecular weight excluding hydrogens is 372 g/mol. The van der Waals surface area contributed by atoms with Crippen LogP contribution < -0.4 is 0 Å². The molecule has 10 nitrogen and oxygen atoms in total. The molecule has 0 aromatic heterocycles. The molecule has 144 valence electrons. The quantitative estimate of drug-likeness (QED) is 0.319. The zero-order valence-corrected chi connectivity index (χ0v) is 14.4. The number of esters is 2. The molecular formula is C18H14N2O8. The molecule has 1 fully saturated rings. The van der Waals surface area contributed by atoms with Crippen LogP contribution in [-0.2, 0) is 31.9 Å². The standard InChI is InChI=1S/C18H14N2O8/c21-16-9-17(22)28-18(27-16,10-12-1-5-14(6-2-12)19(23)24)11-13-3-7-15(8-4-13)20(25)26/h1-8H,9-11H2. The monoisotopic (exact) mass is 386 g/mol. The fourth-order valence-corrected chi connectivity index (χ4v) is 2.93. The van der Waals surface area contributed by atoms with Crippen LogP contribution in [0, 0.1) is 20.2 Å². The van der Waals surface area contributed by atoms with E-state index in [9.17, 15) is 29.8 Å². The van der Waals surface area contributed by atoms with Crippen molar-refractivity contribution in [3.8, 4) is 0 Å². The Morgan fingerprint density at radius 3 is 1.43 bits per heavy atom. The molecule has 1 heterocycles. The SMILES string of the molecule is O=C1CC(=O)OC(Cc2ccc([N+](=O)[O-])cc2)(Cc2ccc([N+](=O)[O-])cc2)O1. The highest BCUT2D eigenvalue weighted by Gasteiger charge is 2.43. The molecule has 1 aliphatic rings. The van der Waals surface area contributed by atoms with Gasteiger partial charge in [0, 0.05) is 24.3 Å². The Labute approximate surface area is 158 Å². The van der Waals surface area contributed by atoms with Gasteiger partial charge < -0.3 is 9.47 Å². The molecule has 0 N–H and O–H groups in total. The van der Waals surface area contributed by atoms with Crippen LogP contribution in [0.15, 0.2) is 48.5 Å². The molecule has 1 saturated heterocycles. The zero-order chi connectivity index (χ0) is 20.3. The summed E-state index contributed by atoms with van der Waals surface area (Å²) in [4.78, 5) is 44.2. The highest BCUT2D eigenvalue weighted by atomic mass is 16.7. The summed E-state index contributed by atoms with van der Waals surface area (Å²) in [5.74, 6) is -3.14. The number of ether oxygens (including phenoxy) is 2.